The van der Waals surface area contributed by atoms with Crippen LogP contribution in [0.4, 0.5) is 4.79 Å². The average Bonchev–Trinajstić information content (AvgIpc) is 1.66. The number of carbonyl (C=O) groups is 1. The fourth-order valence-corrected chi connectivity index (χ4v) is 0.129. The van der Waals surface area contributed by atoms with Gasteiger partial charge in [-0.25, -0.2) is 4.79 Å². The molecule has 0 radical (unpaired) electrons. The third-order valence-electron chi connectivity index (χ3n) is 0.357. The molecular formula is C3H6O5. The molecule has 0 fully saturated rings. The lowest BCUT2D eigenvalue weighted by atomic mass is 11.3. The molecular weight excluding hydrogens is 116 g/mol. The van der Waals surface area contributed by atoms with Crippen LogP contribution in [-0.2, 0) is 9.47 Å². The predicted octanol–water partition coefficient (Wildman–Crippen LogP) is -0.395. The van der Waals surface area contributed by atoms with Gasteiger partial charge in [-0.15, -0.1) is 0 Å². The maximum atomic E-state index is 9.49. The van der Waals surface area contributed by atoms with Crippen LogP contribution < -0.4 is 0 Å². The number of hydrogen-bond acceptors (Lipinski definition) is 4. The molecule has 0 saturated heterocycles. The summed E-state index contributed by atoms with van der Waals surface area (Å²) in [4.78, 5) is 9.49. The quantitative estimate of drug-likeness (QED) is 0.302. The molecule has 5 heteroatoms. The van der Waals surface area contributed by atoms with E-state index in [-0.39, 0.29) is 0 Å². The van der Waals surface area contributed by atoms with E-state index in [2.05, 4.69) is 9.47 Å². The molecule has 0 saturated carbocycles. The van der Waals surface area contributed by atoms with Crippen molar-refractivity contribution >= 4 is 6.16 Å². The van der Waals surface area contributed by atoms with E-state index in [1.807, 2.05) is 0 Å². The third kappa shape index (κ3) is 5.19. The van der Waals surface area contributed by atoms with Gasteiger partial charge in [0.25, 0.3) is 0 Å². The standard InChI is InChI=1S/C3H6O5/c4-1-7-2-8-3(5)6/h4H,1-2H2,(H,5,6). The van der Waals surface area contributed by atoms with Gasteiger partial charge in [0.1, 0.15) is 6.79 Å². The maximum absolute atomic E-state index is 9.49. The zero-order chi connectivity index (χ0) is 6.41. The van der Waals surface area contributed by atoms with E-state index < -0.39 is 19.7 Å². The van der Waals surface area contributed by atoms with Gasteiger partial charge in [0, 0.05) is 0 Å². The van der Waals surface area contributed by atoms with Gasteiger partial charge in [-0.3, -0.25) is 0 Å². The Bertz CT molecular complexity index is 70.1. The van der Waals surface area contributed by atoms with E-state index in [0.29, 0.717) is 0 Å². The highest BCUT2D eigenvalue weighted by atomic mass is 16.8. The van der Waals surface area contributed by atoms with Crippen molar-refractivity contribution in [2.24, 2.45) is 0 Å². The summed E-state index contributed by atoms with van der Waals surface area (Å²) in [6.07, 6.45) is -1.42. The smallest absolute Gasteiger partial charge is 0.450 e. The fourth-order valence-electron chi connectivity index (χ4n) is 0.129. The lowest BCUT2D eigenvalue weighted by Crippen LogP contribution is -2.05. The molecule has 0 aliphatic carbocycles. The zero-order valence-corrected chi connectivity index (χ0v) is 4.03. The number of ether oxygens (including phenoxy) is 2. The second-order valence-electron chi connectivity index (χ2n) is 0.861. The summed E-state index contributed by atoms with van der Waals surface area (Å²) in [5, 5.41) is 15.6. The molecule has 0 amide bonds. The molecule has 0 aliphatic heterocycles. The van der Waals surface area contributed by atoms with Crippen molar-refractivity contribution < 1.29 is 24.5 Å². The minimum atomic E-state index is -1.42. The van der Waals surface area contributed by atoms with E-state index in [0.717, 1.165) is 0 Å². The van der Waals surface area contributed by atoms with E-state index in [4.69, 9.17) is 10.2 Å². The Labute approximate surface area is 45.4 Å². The first-order chi connectivity index (χ1) is 3.77. The van der Waals surface area contributed by atoms with E-state index in [1.165, 1.54) is 0 Å². The van der Waals surface area contributed by atoms with Crippen LogP contribution in [0.5, 0.6) is 0 Å². The molecule has 0 aromatic heterocycles. The highest BCUT2D eigenvalue weighted by Gasteiger charge is 1.91. The molecule has 0 rings (SSSR count). The summed E-state index contributed by atoms with van der Waals surface area (Å²) in [6, 6.07) is 0. The number of hydrogen-bond donors (Lipinski definition) is 2. The van der Waals surface area contributed by atoms with Gasteiger partial charge in [-0.1, -0.05) is 0 Å². The second-order valence-corrected chi connectivity index (χ2v) is 0.861. The minimum Gasteiger partial charge on any atom is -0.450 e. The number of rotatable bonds is 3. The molecule has 0 atom stereocenters. The second kappa shape index (κ2) is 4.35. The monoisotopic (exact) mass is 122 g/mol. The molecule has 0 spiro atoms. The highest BCUT2D eigenvalue weighted by molar-refractivity contribution is 5.56. The van der Waals surface area contributed by atoms with Crippen LogP contribution >= 0.6 is 0 Å². The summed E-state index contributed by atoms with van der Waals surface area (Å²) in [6.45, 7) is -0.959. The summed E-state index contributed by atoms with van der Waals surface area (Å²) in [7, 11) is 0. The first-order valence-corrected chi connectivity index (χ1v) is 1.81. The zero-order valence-electron chi connectivity index (χ0n) is 4.03. The van der Waals surface area contributed by atoms with Gasteiger partial charge in [-0.2, -0.15) is 0 Å². The first-order valence-electron chi connectivity index (χ1n) is 1.81. The molecule has 8 heavy (non-hydrogen) atoms. The molecule has 0 unspecified atom stereocenters. The Morgan fingerprint density at radius 2 is 2.25 bits per heavy atom. The Morgan fingerprint density at radius 3 is 2.62 bits per heavy atom. The van der Waals surface area contributed by atoms with Gasteiger partial charge < -0.3 is 19.7 Å². The van der Waals surface area contributed by atoms with Crippen molar-refractivity contribution in [2.75, 3.05) is 13.6 Å². The minimum absolute atomic E-state index is 0.425. The lowest BCUT2D eigenvalue weighted by molar-refractivity contribution is -0.0898. The number of aliphatic hydroxyl groups excluding tert-OH is 1. The van der Waals surface area contributed by atoms with E-state index in [9.17, 15) is 4.79 Å². The van der Waals surface area contributed by atoms with Crippen LogP contribution in [0.1, 0.15) is 0 Å². The first kappa shape index (κ1) is 7.19. The van der Waals surface area contributed by atoms with E-state index in [1.54, 1.807) is 0 Å². The molecule has 0 aliphatic rings. The van der Waals surface area contributed by atoms with Crippen molar-refractivity contribution in [3.63, 3.8) is 0 Å². The van der Waals surface area contributed by atoms with Gasteiger partial charge in [0.05, 0.1) is 0 Å². The van der Waals surface area contributed by atoms with E-state index >= 15 is 0 Å². The third-order valence-corrected chi connectivity index (χ3v) is 0.357. The molecule has 0 heterocycles. The Balaban J connectivity index is 2.82. The Kier molecular flexibility index (Phi) is 3.91. The Hall–Kier alpha value is -0.810. The Morgan fingerprint density at radius 1 is 1.62 bits per heavy atom. The average molecular weight is 122 g/mol. The van der Waals surface area contributed by atoms with Gasteiger partial charge >= 0.3 is 6.16 Å². The number of aliphatic hydroxyl groups is 1. The van der Waals surface area contributed by atoms with Gasteiger partial charge in [-0.05, 0) is 0 Å². The maximum Gasteiger partial charge on any atom is 0.507 e. The van der Waals surface area contributed by atoms with Crippen molar-refractivity contribution in [2.45, 2.75) is 0 Å². The summed E-state index contributed by atoms with van der Waals surface area (Å²) in [5.41, 5.74) is 0. The fraction of sp³-hybridized carbons (Fsp3) is 0.667. The van der Waals surface area contributed by atoms with Crippen molar-refractivity contribution in [3.8, 4) is 0 Å². The summed E-state index contributed by atoms with van der Waals surface area (Å²) < 4.78 is 7.91. The van der Waals surface area contributed by atoms with Crippen LogP contribution in [-0.4, -0.2) is 30.0 Å². The number of carboxylic acid groups (broad SMARTS) is 1. The highest BCUT2D eigenvalue weighted by Crippen LogP contribution is 1.75. The topological polar surface area (TPSA) is 76.0 Å². The molecule has 0 bridgehead atoms. The van der Waals surface area contributed by atoms with Crippen LogP contribution in [0.3, 0.4) is 0 Å². The SMILES string of the molecule is O=C(O)OCOCO. The van der Waals surface area contributed by atoms with Crippen molar-refractivity contribution in [3.05, 3.63) is 0 Å². The van der Waals surface area contributed by atoms with Gasteiger partial charge in [0.15, 0.2) is 6.79 Å². The normalized spacial score (nSPS) is 8.62. The predicted molar refractivity (Wildman–Crippen MR) is 22.1 cm³/mol. The molecule has 48 valence electrons. The molecule has 2 N–H and O–H groups in total. The largest absolute Gasteiger partial charge is 0.507 e. The molecule has 0 aromatic carbocycles. The summed E-state index contributed by atoms with van der Waals surface area (Å²) in [5.74, 6) is 0. The van der Waals surface area contributed by atoms with Crippen LogP contribution in [0.2, 0.25) is 0 Å². The van der Waals surface area contributed by atoms with Gasteiger partial charge in [0.2, 0.25) is 0 Å². The van der Waals surface area contributed by atoms with Crippen LogP contribution in [0.25, 0.3) is 0 Å². The lowest BCUT2D eigenvalue weighted by Gasteiger charge is -1.96. The summed E-state index contributed by atoms with van der Waals surface area (Å²) >= 11 is 0. The molecule has 0 aromatic rings. The van der Waals surface area contributed by atoms with Crippen LogP contribution in [0, 0.1) is 0 Å². The molecule has 5 nitrogen and oxygen atoms in total. The van der Waals surface area contributed by atoms with Crippen molar-refractivity contribution in [1.82, 2.24) is 0 Å². The van der Waals surface area contributed by atoms with Crippen molar-refractivity contribution in [1.29, 1.82) is 0 Å². The van der Waals surface area contributed by atoms with Crippen LogP contribution in [0.15, 0.2) is 0 Å².